The van der Waals surface area contributed by atoms with E-state index in [0.29, 0.717) is 30.1 Å². The Balaban J connectivity index is 2.82. The minimum Gasteiger partial charge on any atom is -0.396 e. The Bertz CT molecular complexity index is 397. The lowest BCUT2D eigenvalue weighted by Gasteiger charge is -2.18. The third-order valence-corrected chi connectivity index (χ3v) is 2.30. The van der Waals surface area contributed by atoms with Crippen molar-refractivity contribution in [2.24, 2.45) is 0 Å². The van der Waals surface area contributed by atoms with Crippen LogP contribution in [0.25, 0.3) is 0 Å². The number of pyridine rings is 1. The molecule has 0 aromatic carbocycles. The van der Waals surface area contributed by atoms with E-state index in [1.54, 1.807) is 13.2 Å². The first-order chi connectivity index (χ1) is 8.22. The molecule has 1 aromatic heterocycles. The second-order valence-electron chi connectivity index (χ2n) is 3.54. The summed E-state index contributed by atoms with van der Waals surface area (Å²) in [4.78, 5) is 4.07. The maximum absolute atomic E-state index is 8.91. The van der Waals surface area contributed by atoms with E-state index in [1.807, 2.05) is 6.07 Å². The van der Waals surface area contributed by atoms with Crippen LogP contribution in [0.2, 0.25) is 0 Å². The van der Waals surface area contributed by atoms with E-state index < -0.39 is 0 Å². The molecule has 0 radical (unpaired) electrons. The first-order valence-corrected chi connectivity index (χ1v) is 5.23. The zero-order valence-electron chi connectivity index (χ0n) is 9.68. The Morgan fingerprint density at radius 2 is 2.47 bits per heavy atom. The zero-order valence-corrected chi connectivity index (χ0v) is 9.68. The van der Waals surface area contributed by atoms with E-state index in [9.17, 15) is 0 Å². The van der Waals surface area contributed by atoms with Crippen molar-refractivity contribution < 1.29 is 9.84 Å². The van der Waals surface area contributed by atoms with Crippen LogP contribution >= 0.6 is 0 Å². The fourth-order valence-electron chi connectivity index (χ4n) is 1.43. The van der Waals surface area contributed by atoms with Crippen molar-refractivity contribution in [3.63, 3.8) is 0 Å². The number of methoxy groups -OCH3 is 1. The summed E-state index contributed by atoms with van der Waals surface area (Å²) in [5, 5.41) is 20.8. The van der Waals surface area contributed by atoms with Gasteiger partial charge in [-0.3, -0.25) is 0 Å². The number of rotatable bonds is 6. The van der Waals surface area contributed by atoms with Gasteiger partial charge in [-0.15, -0.1) is 0 Å². The van der Waals surface area contributed by atoms with Crippen LogP contribution in [-0.4, -0.2) is 36.5 Å². The van der Waals surface area contributed by atoms with Crippen LogP contribution in [0.5, 0.6) is 0 Å². The SMILES string of the molecule is COCC(CCO)Nc1nccc(C#N)c1N. The summed E-state index contributed by atoms with van der Waals surface area (Å²) >= 11 is 0. The molecule has 0 aliphatic carbocycles. The van der Waals surface area contributed by atoms with Gasteiger partial charge in [0.2, 0.25) is 0 Å². The second kappa shape index (κ2) is 6.68. The molecule has 1 heterocycles. The van der Waals surface area contributed by atoms with Crippen molar-refractivity contribution in [1.29, 1.82) is 5.26 Å². The summed E-state index contributed by atoms with van der Waals surface area (Å²) < 4.78 is 5.02. The molecule has 6 heteroatoms. The van der Waals surface area contributed by atoms with Crippen LogP contribution in [0, 0.1) is 11.3 Å². The van der Waals surface area contributed by atoms with Gasteiger partial charge in [0.05, 0.1) is 23.9 Å². The van der Waals surface area contributed by atoms with Gasteiger partial charge in [-0.2, -0.15) is 5.26 Å². The molecular formula is C11H16N4O2. The molecule has 17 heavy (non-hydrogen) atoms. The summed E-state index contributed by atoms with van der Waals surface area (Å²) in [6.07, 6.45) is 2.03. The quantitative estimate of drug-likeness (QED) is 0.658. The van der Waals surface area contributed by atoms with Crippen LogP contribution in [0.3, 0.4) is 0 Å². The minimum atomic E-state index is -0.0891. The normalized spacial score (nSPS) is 11.8. The van der Waals surface area contributed by atoms with Crippen molar-refractivity contribution in [3.8, 4) is 6.07 Å². The van der Waals surface area contributed by atoms with Gasteiger partial charge in [0.15, 0.2) is 5.82 Å². The van der Waals surface area contributed by atoms with Gasteiger partial charge in [0.25, 0.3) is 0 Å². The van der Waals surface area contributed by atoms with E-state index >= 15 is 0 Å². The van der Waals surface area contributed by atoms with E-state index in [4.69, 9.17) is 20.8 Å². The average Bonchev–Trinajstić information content (AvgIpc) is 2.32. The molecule has 0 fully saturated rings. The summed E-state index contributed by atoms with van der Waals surface area (Å²) in [6, 6.07) is 3.45. The highest BCUT2D eigenvalue weighted by atomic mass is 16.5. The number of nitrogens with zero attached hydrogens (tertiary/aromatic N) is 2. The topological polar surface area (TPSA) is 104 Å². The van der Waals surface area contributed by atoms with Gasteiger partial charge in [0, 0.05) is 19.9 Å². The summed E-state index contributed by atoms with van der Waals surface area (Å²) in [7, 11) is 1.58. The van der Waals surface area contributed by atoms with Gasteiger partial charge in [-0.05, 0) is 12.5 Å². The number of aromatic nitrogens is 1. The number of aliphatic hydroxyl groups excluding tert-OH is 1. The monoisotopic (exact) mass is 236 g/mol. The molecule has 6 nitrogen and oxygen atoms in total. The molecule has 0 saturated carbocycles. The van der Waals surface area contributed by atoms with E-state index in [1.165, 1.54) is 6.20 Å². The predicted molar refractivity (Wildman–Crippen MR) is 64.4 cm³/mol. The molecule has 0 spiro atoms. The Morgan fingerprint density at radius 1 is 1.71 bits per heavy atom. The van der Waals surface area contributed by atoms with Crippen molar-refractivity contribution >= 4 is 11.5 Å². The number of nitrogen functional groups attached to an aromatic ring is 1. The largest absolute Gasteiger partial charge is 0.396 e. The maximum Gasteiger partial charge on any atom is 0.150 e. The van der Waals surface area contributed by atoms with Crippen molar-refractivity contribution in [2.75, 3.05) is 31.4 Å². The molecule has 0 aliphatic rings. The molecule has 0 saturated heterocycles. The second-order valence-corrected chi connectivity index (χ2v) is 3.54. The van der Waals surface area contributed by atoms with Crippen molar-refractivity contribution in [2.45, 2.75) is 12.5 Å². The molecule has 1 atom stereocenters. The van der Waals surface area contributed by atoms with Gasteiger partial charge in [0.1, 0.15) is 6.07 Å². The number of nitrogens with one attached hydrogen (secondary N) is 1. The lowest BCUT2D eigenvalue weighted by Crippen LogP contribution is -2.27. The van der Waals surface area contributed by atoms with Gasteiger partial charge < -0.3 is 20.9 Å². The summed E-state index contributed by atoms with van der Waals surface area (Å²) in [5.74, 6) is 0.444. The number of nitrogens with two attached hydrogens (primary N) is 1. The number of aliphatic hydroxyl groups is 1. The molecule has 92 valence electrons. The van der Waals surface area contributed by atoms with Crippen molar-refractivity contribution in [3.05, 3.63) is 17.8 Å². The number of anilines is 2. The standard InChI is InChI=1S/C11H16N4O2/c1-17-7-9(3-5-16)15-11-10(13)8(6-12)2-4-14-11/h2,4,9,16H,3,5,7,13H2,1H3,(H,14,15). The fraction of sp³-hybridized carbons (Fsp3) is 0.455. The highest BCUT2D eigenvalue weighted by Crippen LogP contribution is 2.20. The predicted octanol–water partition coefficient (Wildman–Crippen LogP) is 0.345. The maximum atomic E-state index is 8.91. The number of nitriles is 1. The molecule has 1 aromatic rings. The minimum absolute atomic E-state index is 0.0405. The zero-order chi connectivity index (χ0) is 12.7. The number of hydrogen-bond acceptors (Lipinski definition) is 6. The first-order valence-electron chi connectivity index (χ1n) is 5.23. The third kappa shape index (κ3) is 3.59. The van der Waals surface area contributed by atoms with E-state index in [-0.39, 0.29) is 12.6 Å². The summed E-state index contributed by atoms with van der Waals surface area (Å²) in [5.41, 5.74) is 6.48. The van der Waals surface area contributed by atoms with Gasteiger partial charge in [-0.1, -0.05) is 0 Å². The van der Waals surface area contributed by atoms with Gasteiger partial charge >= 0.3 is 0 Å². The van der Waals surface area contributed by atoms with Crippen LogP contribution < -0.4 is 11.1 Å². The smallest absolute Gasteiger partial charge is 0.150 e. The number of ether oxygens (including phenoxy) is 1. The molecular weight excluding hydrogens is 220 g/mol. The first kappa shape index (κ1) is 13.2. The Morgan fingerprint density at radius 3 is 3.06 bits per heavy atom. The highest BCUT2D eigenvalue weighted by Gasteiger charge is 2.12. The van der Waals surface area contributed by atoms with Crippen molar-refractivity contribution in [1.82, 2.24) is 4.98 Å². The molecule has 0 aliphatic heterocycles. The third-order valence-electron chi connectivity index (χ3n) is 2.30. The average molecular weight is 236 g/mol. The van der Waals surface area contributed by atoms with Crippen LogP contribution in [-0.2, 0) is 4.74 Å². The van der Waals surface area contributed by atoms with Gasteiger partial charge in [-0.25, -0.2) is 4.98 Å². The Hall–Kier alpha value is -1.84. The Labute approximate surface area is 100 Å². The van der Waals surface area contributed by atoms with E-state index in [0.717, 1.165) is 0 Å². The van der Waals surface area contributed by atoms with E-state index in [2.05, 4.69) is 10.3 Å². The molecule has 0 amide bonds. The lowest BCUT2D eigenvalue weighted by molar-refractivity contribution is 0.170. The van der Waals surface area contributed by atoms with Crippen LogP contribution in [0.15, 0.2) is 12.3 Å². The highest BCUT2D eigenvalue weighted by molar-refractivity contribution is 5.69. The molecule has 4 N–H and O–H groups in total. The molecule has 1 rings (SSSR count). The van der Waals surface area contributed by atoms with Crippen LogP contribution in [0.1, 0.15) is 12.0 Å². The molecule has 1 unspecified atom stereocenters. The van der Waals surface area contributed by atoms with Crippen LogP contribution in [0.4, 0.5) is 11.5 Å². The Kier molecular flexibility index (Phi) is 5.20. The fourth-order valence-corrected chi connectivity index (χ4v) is 1.43. The summed E-state index contributed by atoms with van der Waals surface area (Å²) in [6.45, 7) is 0.470. The number of hydrogen-bond donors (Lipinski definition) is 3. The lowest BCUT2D eigenvalue weighted by atomic mass is 10.2. The molecule has 0 bridgehead atoms.